The van der Waals surface area contributed by atoms with E-state index < -0.39 is 6.10 Å². The molecule has 1 N–H and O–H groups in total. The van der Waals surface area contributed by atoms with Gasteiger partial charge in [-0.2, -0.15) is 0 Å². The summed E-state index contributed by atoms with van der Waals surface area (Å²) in [5.41, 5.74) is 0. The first kappa shape index (κ1) is 10.4. The maximum absolute atomic E-state index is 9.35. The highest BCUT2D eigenvalue weighted by Gasteiger charge is 2.02. The van der Waals surface area contributed by atoms with Crippen molar-refractivity contribution in [2.75, 3.05) is 0 Å². The van der Waals surface area contributed by atoms with Gasteiger partial charge < -0.3 is 5.11 Å². The van der Waals surface area contributed by atoms with Crippen LogP contribution in [-0.2, 0) is 0 Å². The molecule has 0 aliphatic rings. The number of rotatable bonds is 1. The summed E-state index contributed by atoms with van der Waals surface area (Å²) in [5.74, 6) is 6.18. The van der Waals surface area contributed by atoms with Crippen LogP contribution in [0, 0.1) is 11.8 Å². The molecule has 2 aromatic heterocycles. The van der Waals surface area contributed by atoms with Crippen molar-refractivity contribution < 1.29 is 5.11 Å². The molecule has 0 fully saturated rings. The first-order valence-corrected chi connectivity index (χ1v) is 6.28. The number of hydrogen-bond donors (Lipinski definition) is 1. The molecule has 0 spiro atoms. The molecule has 0 aromatic carbocycles. The number of thiophene rings is 2. The predicted octanol–water partition coefficient (Wildman–Crippen LogP) is 3.26. The fourth-order valence-corrected chi connectivity index (χ4v) is 2.49. The third-order valence-electron chi connectivity index (χ3n) is 1.87. The minimum absolute atomic E-state index is 0.396. The predicted molar refractivity (Wildman–Crippen MR) is 65.3 cm³/mol. The normalized spacial score (nSPS) is 11.9. The van der Waals surface area contributed by atoms with Crippen molar-refractivity contribution in [1.82, 2.24) is 0 Å². The van der Waals surface area contributed by atoms with Gasteiger partial charge >= 0.3 is 0 Å². The molecule has 3 heteroatoms. The van der Waals surface area contributed by atoms with E-state index in [-0.39, 0.29) is 0 Å². The molecule has 0 radical (unpaired) electrons. The van der Waals surface area contributed by atoms with Crippen LogP contribution < -0.4 is 0 Å². The summed E-state index contributed by atoms with van der Waals surface area (Å²) in [7, 11) is 0. The van der Waals surface area contributed by atoms with E-state index >= 15 is 0 Å². The zero-order chi connectivity index (χ0) is 10.7. The lowest BCUT2D eigenvalue weighted by Crippen LogP contribution is -1.83. The molecule has 1 unspecified atom stereocenters. The van der Waals surface area contributed by atoms with Crippen LogP contribution in [0.5, 0.6) is 0 Å². The summed E-state index contributed by atoms with van der Waals surface area (Å²) < 4.78 is 0. The Morgan fingerprint density at radius 2 is 2.00 bits per heavy atom. The Morgan fingerprint density at radius 3 is 2.60 bits per heavy atom. The van der Waals surface area contributed by atoms with Gasteiger partial charge in [-0.05, 0) is 42.3 Å². The van der Waals surface area contributed by atoms with Crippen molar-refractivity contribution in [2.45, 2.75) is 13.0 Å². The smallest absolute Gasteiger partial charge is 0.0854 e. The minimum atomic E-state index is -0.396. The molecule has 0 amide bonds. The second-order valence-electron chi connectivity index (χ2n) is 3.11. The second-order valence-corrected chi connectivity index (χ2v) is 5.17. The van der Waals surface area contributed by atoms with E-state index in [4.69, 9.17) is 0 Å². The average molecular weight is 234 g/mol. The van der Waals surface area contributed by atoms with Gasteiger partial charge in [-0.3, -0.25) is 0 Å². The molecule has 0 saturated carbocycles. The Hall–Kier alpha value is -1.08. The molecule has 15 heavy (non-hydrogen) atoms. The standard InChI is InChI=1S/C12H10OS2/c1-9(13)12-7-6-11(15-12)5-4-10-3-2-8-14-10/h2-3,6-9,13H,1H3. The van der Waals surface area contributed by atoms with Gasteiger partial charge in [-0.25, -0.2) is 0 Å². The summed E-state index contributed by atoms with van der Waals surface area (Å²) >= 11 is 3.18. The Balaban J connectivity index is 2.17. The third kappa shape index (κ3) is 2.69. The molecule has 1 atom stereocenters. The van der Waals surface area contributed by atoms with Gasteiger partial charge in [0, 0.05) is 4.88 Å². The Bertz CT molecular complexity index is 483. The molecule has 0 bridgehead atoms. The molecule has 0 saturated heterocycles. The van der Waals surface area contributed by atoms with Crippen LogP contribution in [0.2, 0.25) is 0 Å². The van der Waals surface area contributed by atoms with Crippen molar-refractivity contribution in [3.63, 3.8) is 0 Å². The first-order valence-electron chi connectivity index (χ1n) is 4.59. The molecule has 0 aliphatic heterocycles. The van der Waals surface area contributed by atoms with Crippen LogP contribution in [0.25, 0.3) is 0 Å². The lowest BCUT2D eigenvalue weighted by Gasteiger charge is -1.95. The topological polar surface area (TPSA) is 20.2 Å². The maximum atomic E-state index is 9.35. The van der Waals surface area contributed by atoms with E-state index in [0.717, 1.165) is 14.6 Å². The molecule has 2 aromatic rings. The molecular formula is C12H10OS2. The Kier molecular flexibility index (Phi) is 3.22. The van der Waals surface area contributed by atoms with E-state index in [0.29, 0.717) is 0 Å². The number of aliphatic hydroxyl groups excluding tert-OH is 1. The molecule has 0 aliphatic carbocycles. The lowest BCUT2D eigenvalue weighted by molar-refractivity contribution is 0.203. The van der Waals surface area contributed by atoms with Crippen molar-refractivity contribution in [3.05, 3.63) is 44.3 Å². The first-order chi connectivity index (χ1) is 7.25. The Morgan fingerprint density at radius 1 is 1.20 bits per heavy atom. The molecular weight excluding hydrogens is 224 g/mol. The maximum Gasteiger partial charge on any atom is 0.0854 e. The lowest BCUT2D eigenvalue weighted by atomic mass is 10.3. The summed E-state index contributed by atoms with van der Waals surface area (Å²) in [6.07, 6.45) is -0.396. The van der Waals surface area contributed by atoms with Crippen LogP contribution in [0.3, 0.4) is 0 Å². The highest BCUT2D eigenvalue weighted by molar-refractivity contribution is 7.12. The molecule has 2 heterocycles. The van der Waals surface area contributed by atoms with E-state index in [1.54, 1.807) is 29.6 Å². The fourth-order valence-electron chi connectivity index (χ4n) is 1.12. The summed E-state index contributed by atoms with van der Waals surface area (Å²) in [6, 6.07) is 7.87. The zero-order valence-corrected chi connectivity index (χ0v) is 9.86. The van der Waals surface area contributed by atoms with Crippen LogP contribution >= 0.6 is 22.7 Å². The Labute approximate surface area is 97.0 Å². The van der Waals surface area contributed by atoms with Gasteiger partial charge in [0.25, 0.3) is 0 Å². The van der Waals surface area contributed by atoms with Gasteiger partial charge in [-0.15, -0.1) is 22.7 Å². The highest BCUT2D eigenvalue weighted by Crippen LogP contribution is 2.22. The summed E-state index contributed by atoms with van der Waals surface area (Å²) in [6.45, 7) is 1.77. The van der Waals surface area contributed by atoms with Crippen molar-refractivity contribution in [2.24, 2.45) is 0 Å². The van der Waals surface area contributed by atoms with Crippen LogP contribution in [0.1, 0.15) is 27.7 Å². The molecule has 76 valence electrons. The van der Waals surface area contributed by atoms with Gasteiger partial charge in [-0.1, -0.05) is 6.07 Å². The van der Waals surface area contributed by atoms with Crippen molar-refractivity contribution in [1.29, 1.82) is 0 Å². The van der Waals surface area contributed by atoms with Gasteiger partial charge in [0.1, 0.15) is 0 Å². The molecule has 2 rings (SSSR count). The van der Waals surface area contributed by atoms with E-state index in [1.165, 1.54) is 0 Å². The van der Waals surface area contributed by atoms with Gasteiger partial charge in [0.2, 0.25) is 0 Å². The largest absolute Gasteiger partial charge is 0.388 e. The molecule has 1 nitrogen and oxygen atoms in total. The zero-order valence-electron chi connectivity index (χ0n) is 8.23. The monoisotopic (exact) mass is 234 g/mol. The van der Waals surface area contributed by atoms with E-state index in [1.807, 2.05) is 29.6 Å². The summed E-state index contributed by atoms with van der Waals surface area (Å²) in [5, 5.41) is 11.4. The van der Waals surface area contributed by atoms with E-state index in [9.17, 15) is 5.11 Å². The summed E-state index contributed by atoms with van der Waals surface area (Å²) in [4.78, 5) is 3.03. The number of aliphatic hydroxyl groups is 1. The quantitative estimate of drug-likeness (QED) is 0.751. The van der Waals surface area contributed by atoms with Gasteiger partial charge in [0.15, 0.2) is 0 Å². The fraction of sp³-hybridized carbons (Fsp3) is 0.167. The van der Waals surface area contributed by atoms with Crippen LogP contribution in [0.15, 0.2) is 29.6 Å². The SMILES string of the molecule is CC(O)c1ccc(C#Cc2cccs2)s1. The minimum Gasteiger partial charge on any atom is -0.388 e. The van der Waals surface area contributed by atoms with Crippen molar-refractivity contribution in [3.8, 4) is 11.8 Å². The average Bonchev–Trinajstić information content (AvgIpc) is 2.86. The second kappa shape index (κ2) is 4.63. The van der Waals surface area contributed by atoms with Gasteiger partial charge in [0.05, 0.1) is 15.9 Å². The van der Waals surface area contributed by atoms with Crippen molar-refractivity contribution >= 4 is 22.7 Å². The third-order valence-corrected chi connectivity index (χ3v) is 3.82. The van der Waals surface area contributed by atoms with E-state index in [2.05, 4.69) is 11.8 Å². The van der Waals surface area contributed by atoms with Crippen LogP contribution in [-0.4, -0.2) is 5.11 Å². The highest BCUT2D eigenvalue weighted by atomic mass is 32.1. The number of hydrogen-bond acceptors (Lipinski definition) is 3. The van der Waals surface area contributed by atoms with Crippen LogP contribution in [0.4, 0.5) is 0 Å².